The topological polar surface area (TPSA) is 93.5 Å². The van der Waals surface area contributed by atoms with Crippen molar-refractivity contribution in [1.29, 1.82) is 5.41 Å². The van der Waals surface area contributed by atoms with Gasteiger partial charge in [-0.25, -0.2) is 0 Å². The van der Waals surface area contributed by atoms with E-state index in [1.807, 2.05) is 12.1 Å². The van der Waals surface area contributed by atoms with Crippen molar-refractivity contribution in [3.8, 4) is 0 Å². The number of nitrogen functional groups attached to an aromatic ring is 1. The summed E-state index contributed by atoms with van der Waals surface area (Å²) >= 11 is 1.67. The molecule has 3 rings (SSSR count). The largest absolute Gasteiger partial charge is 0.382 e. The van der Waals surface area contributed by atoms with Crippen LogP contribution in [-0.2, 0) is 18.7 Å². The quantitative estimate of drug-likeness (QED) is 0.511. The fourth-order valence-corrected chi connectivity index (χ4v) is 3.35. The fourth-order valence-electron chi connectivity index (χ4n) is 2.42. The monoisotopic (exact) mass is 302 g/mol. The molecule has 3 heterocycles. The average Bonchev–Trinajstić information content (AvgIpc) is 2.72. The van der Waals surface area contributed by atoms with Gasteiger partial charge in [-0.05, 0) is 30.5 Å². The molecule has 1 aliphatic rings. The molecule has 0 saturated carbocycles. The minimum absolute atomic E-state index is 0.00167. The number of nitrogens with two attached hydrogens (primary N) is 1. The average molecular weight is 302 g/mol. The van der Waals surface area contributed by atoms with E-state index in [2.05, 4.69) is 19.7 Å². The van der Waals surface area contributed by atoms with Gasteiger partial charge in [-0.3, -0.25) is 10.4 Å². The number of aryl methyl sites for hydroxylation is 1. The number of nitrogens with zero attached hydrogens (tertiary/aromatic N) is 4. The Kier molecular flexibility index (Phi) is 4.19. The van der Waals surface area contributed by atoms with Crippen LogP contribution < -0.4 is 5.73 Å². The maximum atomic E-state index is 7.43. The zero-order chi connectivity index (χ0) is 14.7. The molecular formula is C14H18N6S. The molecule has 0 aromatic carbocycles. The van der Waals surface area contributed by atoms with Crippen LogP contribution in [-0.4, -0.2) is 25.6 Å². The third kappa shape index (κ3) is 3.24. The van der Waals surface area contributed by atoms with E-state index < -0.39 is 0 Å². The first-order chi connectivity index (χ1) is 10.2. The van der Waals surface area contributed by atoms with E-state index in [0.29, 0.717) is 5.69 Å². The van der Waals surface area contributed by atoms with Gasteiger partial charge < -0.3 is 10.3 Å². The predicted octanol–water partition coefficient (Wildman–Crippen LogP) is 1.98. The number of hydrogen-bond donors (Lipinski definition) is 2. The van der Waals surface area contributed by atoms with Gasteiger partial charge >= 0.3 is 0 Å². The lowest BCUT2D eigenvalue weighted by molar-refractivity contribution is 0.591. The van der Waals surface area contributed by atoms with Crippen molar-refractivity contribution < 1.29 is 0 Å². The molecule has 0 radical (unpaired) electrons. The van der Waals surface area contributed by atoms with Crippen LogP contribution in [0.5, 0.6) is 0 Å². The van der Waals surface area contributed by atoms with E-state index in [9.17, 15) is 0 Å². The zero-order valence-electron chi connectivity index (χ0n) is 11.7. The second kappa shape index (κ2) is 6.26. The van der Waals surface area contributed by atoms with Gasteiger partial charge in [0.1, 0.15) is 17.4 Å². The molecule has 0 unspecified atom stereocenters. The molecule has 0 aliphatic carbocycles. The Hall–Kier alpha value is -1.89. The summed E-state index contributed by atoms with van der Waals surface area (Å²) in [6, 6.07) is 3.80. The van der Waals surface area contributed by atoms with E-state index >= 15 is 0 Å². The van der Waals surface area contributed by atoms with E-state index in [1.165, 1.54) is 19.3 Å². The Morgan fingerprint density at radius 3 is 3.10 bits per heavy atom. The van der Waals surface area contributed by atoms with E-state index in [4.69, 9.17) is 11.1 Å². The van der Waals surface area contributed by atoms with Crippen LogP contribution in [0.2, 0.25) is 0 Å². The number of fused-ring (bicyclic) bond motifs is 1. The number of nitrogens with one attached hydrogen (secondary N) is 1. The molecule has 110 valence electrons. The van der Waals surface area contributed by atoms with Gasteiger partial charge in [0.15, 0.2) is 5.16 Å². The van der Waals surface area contributed by atoms with Crippen molar-refractivity contribution in [1.82, 2.24) is 19.7 Å². The molecule has 0 fully saturated rings. The lowest BCUT2D eigenvalue weighted by Crippen LogP contribution is -2.13. The first kappa shape index (κ1) is 14.1. The van der Waals surface area contributed by atoms with Crippen molar-refractivity contribution >= 4 is 17.6 Å². The Morgan fingerprint density at radius 1 is 1.33 bits per heavy atom. The summed E-state index contributed by atoms with van der Waals surface area (Å²) < 4.78 is 2.24. The summed E-state index contributed by atoms with van der Waals surface area (Å²) in [6.45, 7) is 1.01. The lowest BCUT2D eigenvalue weighted by atomic mass is 10.2. The fraction of sp³-hybridized carbons (Fsp3) is 0.429. The van der Waals surface area contributed by atoms with Gasteiger partial charge in [0.05, 0.1) is 0 Å². The number of amidine groups is 1. The van der Waals surface area contributed by atoms with Gasteiger partial charge in [-0.2, -0.15) is 0 Å². The maximum Gasteiger partial charge on any atom is 0.191 e. The summed E-state index contributed by atoms with van der Waals surface area (Å²) in [5.74, 6) is 1.88. The van der Waals surface area contributed by atoms with Crippen molar-refractivity contribution in [2.45, 2.75) is 43.1 Å². The Bertz CT molecular complexity index is 651. The van der Waals surface area contributed by atoms with Crippen LogP contribution in [0.4, 0.5) is 0 Å². The van der Waals surface area contributed by atoms with Crippen LogP contribution in [0.15, 0.2) is 23.5 Å². The van der Waals surface area contributed by atoms with Crippen molar-refractivity contribution in [2.24, 2.45) is 5.73 Å². The zero-order valence-corrected chi connectivity index (χ0v) is 12.6. The molecule has 0 atom stereocenters. The summed E-state index contributed by atoms with van der Waals surface area (Å²) in [7, 11) is 0. The molecule has 0 bridgehead atoms. The first-order valence-corrected chi connectivity index (χ1v) is 8.07. The second-order valence-corrected chi connectivity index (χ2v) is 6.06. The van der Waals surface area contributed by atoms with Gasteiger partial charge in [-0.1, -0.05) is 18.2 Å². The molecule has 21 heavy (non-hydrogen) atoms. The Labute approximate surface area is 127 Å². The standard InChI is InChI=1S/C14H18N6S/c15-13(16)11-8-10(5-6-17-11)9-21-14-19-18-12-4-2-1-3-7-20(12)14/h5-6,8H,1-4,7,9H2,(H3,15,16). The van der Waals surface area contributed by atoms with E-state index in [-0.39, 0.29) is 5.84 Å². The molecule has 6 nitrogen and oxygen atoms in total. The van der Waals surface area contributed by atoms with Gasteiger partial charge in [0.2, 0.25) is 0 Å². The highest BCUT2D eigenvalue weighted by Crippen LogP contribution is 2.24. The smallest absolute Gasteiger partial charge is 0.191 e. The van der Waals surface area contributed by atoms with Gasteiger partial charge in [-0.15, -0.1) is 10.2 Å². The van der Waals surface area contributed by atoms with Crippen LogP contribution in [0.3, 0.4) is 0 Å². The Morgan fingerprint density at radius 2 is 2.24 bits per heavy atom. The summed E-state index contributed by atoms with van der Waals surface area (Å²) in [5, 5.41) is 17.0. The molecule has 7 heteroatoms. The third-order valence-corrected chi connectivity index (χ3v) is 4.58. The summed E-state index contributed by atoms with van der Waals surface area (Å²) in [5.41, 5.74) is 7.08. The molecule has 2 aromatic heterocycles. The molecule has 0 saturated heterocycles. The van der Waals surface area contributed by atoms with Crippen LogP contribution in [0.1, 0.15) is 36.3 Å². The SMILES string of the molecule is N=C(N)c1cc(CSc2nnc3n2CCCCC3)ccn1. The number of aromatic nitrogens is 4. The highest BCUT2D eigenvalue weighted by Gasteiger charge is 2.15. The summed E-state index contributed by atoms with van der Waals surface area (Å²) in [6.07, 6.45) is 6.38. The van der Waals surface area contributed by atoms with Crippen LogP contribution in [0, 0.1) is 5.41 Å². The molecule has 1 aliphatic heterocycles. The highest BCUT2D eigenvalue weighted by atomic mass is 32.2. The third-order valence-electron chi connectivity index (χ3n) is 3.54. The van der Waals surface area contributed by atoms with Gasteiger partial charge in [0, 0.05) is 24.9 Å². The molecule has 2 aromatic rings. The second-order valence-electron chi connectivity index (χ2n) is 5.11. The number of pyridine rings is 1. The van der Waals surface area contributed by atoms with Gasteiger partial charge in [0.25, 0.3) is 0 Å². The van der Waals surface area contributed by atoms with Crippen LogP contribution in [0.25, 0.3) is 0 Å². The highest BCUT2D eigenvalue weighted by molar-refractivity contribution is 7.98. The number of thioether (sulfide) groups is 1. The van der Waals surface area contributed by atoms with Crippen molar-refractivity contribution in [3.05, 3.63) is 35.4 Å². The van der Waals surface area contributed by atoms with Crippen molar-refractivity contribution in [3.63, 3.8) is 0 Å². The minimum atomic E-state index is -0.00167. The van der Waals surface area contributed by atoms with E-state index in [0.717, 1.165) is 35.3 Å². The lowest BCUT2D eigenvalue weighted by Gasteiger charge is -2.07. The Balaban J connectivity index is 1.72. The van der Waals surface area contributed by atoms with Crippen molar-refractivity contribution in [2.75, 3.05) is 0 Å². The van der Waals surface area contributed by atoms with E-state index in [1.54, 1.807) is 18.0 Å². The molecule has 0 spiro atoms. The van der Waals surface area contributed by atoms with Crippen LogP contribution >= 0.6 is 11.8 Å². The minimum Gasteiger partial charge on any atom is -0.382 e. The molecular weight excluding hydrogens is 284 g/mol. The number of hydrogen-bond acceptors (Lipinski definition) is 5. The summed E-state index contributed by atoms with van der Waals surface area (Å²) in [4.78, 5) is 4.07. The number of rotatable bonds is 4. The first-order valence-electron chi connectivity index (χ1n) is 7.08. The molecule has 0 amide bonds. The molecule has 3 N–H and O–H groups in total. The normalized spacial score (nSPS) is 14.5. The maximum absolute atomic E-state index is 7.43. The predicted molar refractivity (Wildman–Crippen MR) is 82.4 cm³/mol.